The Labute approximate surface area is 219 Å². The molecule has 4 N–H and O–H groups in total. The molecule has 38 heavy (non-hydrogen) atoms. The summed E-state index contributed by atoms with van der Waals surface area (Å²) in [5, 5.41) is 5.34. The number of rotatable bonds is 11. The highest BCUT2D eigenvalue weighted by Gasteiger charge is 2.30. The molecule has 1 aliphatic heterocycles. The van der Waals surface area contributed by atoms with Crippen molar-refractivity contribution in [3.05, 3.63) is 66.5 Å². The Morgan fingerprint density at radius 3 is 2.68 bits per heavy atom. The van der Waals surface area contributed by atoms with Crippen molar-refractivity contribution >= 4 is 39.4 Å². The van der Waals surface area contributed by atoms with E-state index in [9.17, 15) is 22.8 Å². The third-order valence-corrected chi connectivity index (χ3v) is 7.10. The topological polar surface area (TPSA) is 169 Å². The largest absolute Gasteiger partial charge is 0.478 e. The van der Waals surface area contributed by atoms with E-state index in [0.717, 1.165) is 0 Å². The molecule has 4 rings (SSSR count). The van der Waals surface area contributed by atoms with Gasteiger partial charge in [0.1, 0.15) is 11.8 Å². The number of hydrogen-bond donors (Lipinski definition) is 4. The lowest BCUT2D eigenvalue weighted by Gasteiger charge is -2.26. The number of esters is 1. The van der Waals surface area contributed by atoms with Crippen molar-refractivity contribution in [3.63, 3.8) is 0 Å². The zero-order valence-electron chi connectivity index (χ0n) is 20.5. The van der Waals surface area contributed by atoms with Crippen molar-refractivity contribution in [1.29, 1.82) is 0 Å². The van der Waals surface area contributed by atoms with Crippen LogP contribution in [0.1, 0.15) is 25.3 Å². The normalized spacial score (nSPS) is 15.5. The fraction of sp³-hybridized carbons (Fsp3) is 0.280. The summed E-state index contributed by atoms with van der Waals surface area (Å²) in [6.45, 7) is 1.71. The third-order valence-electron chi connectivity index (χ3n) is 5.61. The number of carbonyl (C=O) groups is 3. The molecule has 2 atom stereocenters. The van der Waals surface area contributed by atoms with Crippen LogP contribution in [-0.2, 0) is 35.6 Å². The van der Waals surface area contributed by atoms with E-state index in [1.807, 2.05) is 0 Å². The number of nitrogens with one attached hydrogen (secondary N) is 4. The van der Waals surface area contributed by atoms with Gasteiger partial charge in [-0.1, -0.05) is 24.3 Å². The molecule has 200 valence electrons. The van der Waals surface area contributed by atoms with Gasteiger partial charge in [-0.25, -0.2) is 13.4 Å². The molecule has 2 heterocycles. The highest BCUT2D eigenvalue weighted by Crippen LogP contribution is 2.32. The van der Waals surface area contributed by atoms with Gasteiger partial charge in [0.25, 0.3) is 5.91 Å². The average molecular weight is 542 g/mol. The summed E-state index contributed by atoms with van der Waals surface area (Å²) in [6.07, 6.45) is 2.36. The van der Waals surface area contributed by atoms with E-state index in [0.29, 0.717) is 22.9 Å². The standard InChI is InChI=1S/C25H27N5O7S/c1-2-36-24(33)19(30-38(34,35)17-6-4-3-5-7-17)15-16-8-9-20-18(14-16)28-23(32)21(37-20)10-11-22(31)29-25-26-12-13-27-25/h3-9,12-14,19,21,30H,2,10-11,15H2,1H3,(H,28,32)(H2,26,27,29,31)/t19-,21+/m0/s1. The van der Waals surface area contributed by atoms with Crippen LogP contribution in [0.25, 0.3) is 0 Å². The van der Waals surface area contributed by atoms with Crippen molar-refractivity contribution in [2.24, 2.45) is 0 Å². The van der Waals surface area contributed by atoms with Crippen LogP contribution in [0.5, 0.6) is 5.75 Å². The second-order valence-electron chi connectivity index (χ2n) is 8.39. The summed E-state index contributed by atoms with van der Waals surface area (Å²) >= 11 is 0. The van der Waals surface area contributed by atoms with Crippen LogP contribution in [0, 0.1) is 0 Å². The van der Waals surface area contributed by atoms with Crippen LogP contribution >= 0.6 is 0 Å². The molecule has 0 saturated heterocycles. The van der Waals surface area contributed by atoms with E-state index in [2.05, 4.69) is 25.3 Å². The SMILES string of the molecule is CCOC(=O)[C@H](Cc1ccc2c(c1)NC(=O)[C@@H](CCC(=O)Nc1ncc[nH]1)O2)NS(=O)(=O)c1ccccc1. The molecule has 0 saturated carbocycles. The maximum atomic E-state index is 12.8. The van der Waals surface area contributed by atoms with Crippen LogP contribution in [0.15, 0.2) is 65.8 Å². The van der Waals surface area contributed by atoms with E-state index in [1.165, 1.54) is 18.3 Å². The minimum Gasteiger partial charge on any atom is -0.478 e. The smallest absolute Gasteiger partial charge is 0.324 e. The molecular weight excluding hydrogens is 514 g/mol. The van der Waals surface area contributed by atoms with Crippen LogP contribution in [0.2, 0.25) is 0 Å². The van der Waals surface area contributed by atoms with Gasteiger partial charge in [-0.15, -0.1) is 0 Å². The summed E-state index contributed by atoms with van der Waals surface area (Å²) in [5.41, 5.74) is 0.940. The second-order valence-corrected chi connectivity index (χ2v) is 10.1. The Morgan fingerprint density at radius 1 is 1.18 bits per heavy atom. The Hall–Kier alpha value is -4.23. The van der Waals surface area contributed by atoms with E-state index in [-0.39, 0.29) is 36.7 Å². The average Bonchev–Trinajstić information content (AvgIpc) is 3.40. The van der Waals surface area contributed by atoms with Gasteiger partial charge in [0, 0.05) is 25.2 Å². The zero-order chi connectivity index (χ0) is 27.1. The minimum absolute atomic E-state index is 0.0179. The predicted octanol–water partition coefficient (Wildman–Crippen LogP) is 1.98. The molecule has 1 aliphatic rings. The molecule has 0 bridgehead atoms. The van der Waals surface area contributed by atoms with Gasteiger partial charge in [0.05, 0.1) is 17.2 Å². The summed E-state index contributed by atoms with van der Waals surface area (Å²) < 4.78 is 38.9. The number of carbonyl (C=O) groups excluding carboxylic acids is 3. The molecule has 0 unspecified atom stereocenters. The second kappa shape index (κ2) is 11.9. The van der Waals surface area contributed by atoms with Crippen LogP contribution in [0.3, 0.4) is 0 Å². The number of imidazole rings is 1. The Kier molecular flexibility index (Phi) is 8.38. The first-order valence-corrected chi connectivity index (χ1v) is 13.4. The highest BCUT2D eigenvalue weighted by atomic mass is 32.2. The molecule has 2 amide bonds. The van der Waals surface area contributed by atoms with Gasteiger partial charge >= 0.3 is 5.97 Å². The number of anilines is 2. The predicted molar refractivity (Wildman–Crippen MR) is 137 cm³/mol. The Bertz CT molecular complexity index is 1390. The maximum absolute atomic E-state index is 12.8. The molecule has 0 fully saturated rings. The summed E-state index contributed by atoms with van der Waals surface area (Å²) in [4.78, 5) is 44.0. The number of aromatic nitrogens is 2. The van der Waals surface area contributed by atoms with Crippen molar-refractivity contribution in [3.8, 4) is 5.75 Å². The molecule has 0 radical (unpaired) electrons. The summed E-state index contributed by atoms with van der Waals surface area (Å²) in [7, 11) is -3.99. The Morgan fingerprint density at radius 2 is 1.97 bits per heavy atom. The molecule has 12 nitrogen and oxygen atoms in total. The number of fused-ring (bicyclic) bond motifs is 1. The van der Waals surface area contributed by atoms with Gasteiger partial charge in [-0.3, -0.25) is 19.7 Å². The lowest BCUT2D eigenvalue weighted by atomic mass is 10.0. The molecule has 1 aromatic heterocycles. The first kappa shape index (κ1) is 26.8. The molecule has 2 aromatic carbocycles. The van der Waals surface area contributed by atoms with Gasteiger partial charge in [0.2, 0.25) is 21.9 Å². The van der Waals surface area contributed by atoms with Gasteiger partial charge < -0.3 is 19.8 Å². The molecule has 0 spiro atoms. The molecule has 3 aromatic rings. The van der Waals surface area contributed by atoms with Crippen molar-refractivity contribution in [2.45, 2.75) is 43.2 Å². The number of aromatic amines is 1. The fourth-order valence-corrected chi connectivity index (χ4v) is 5.02. The highest BCUT2D eigenvalue weighted by molar-refractivity contribution is 7.89. The third kappa shape index (κ3) is 6.75. The number of sulfonamides is 1. The lowest BCUT2D eigenvalue weighted by Crippen LogP contribution is -2.43. The van der Waals surface area contributed by atoms with Crippen molar-refractivity contribution < 1.29 is 32.3 Å². The van der Waals surface area contributed by atoms with Gasteiger partial charge in [0.15, 0.2) is 6.10 Å². The number of H-pyrrole nitrogens is 1. The van der Waals surface area contributed by atoms with Gasteiger partial charge in [-0.05, 0) is 43.2 Å². The van der Waals surface area contributed by atoms with Gasteiger partial charge in [-0.2, -0.15) is 4.72 Å². The summed E-state index contributed by atoms with van der Waals surface area (Å²) in [6, 6.07) is 11.4. The van der Waals surface area contributed by atoms with Crippen LogP contribution in [0.4, 0.5) is 11.6 Å². The number of ether oxygens (including phenoxy) is 2. The maximum Gasteiger partial charge on any atom is 0.324 e. The van der Waals surface area contributed by atoms with E-state index < -0.39 is 34.0 Å². The first-order valence-electron chi connectivity index (χ1n) is 11.9. The molecule has 0 aliphatic carbocycles. The fourth-order valence-electron chi connectivity index (χ4n) is 3.81. The van der Waals surface area contributed by atoms with Crippen molar-refractivity contribution in [2.75, 3.05) is 17.2 Å². The van der Waals surface area contributed by atoms with Crippen LogP contribution < -0.4 is 20.1 Å². The minimum atomic E-state index is -3.99. The zero-order valence-corrected chi connectivity index (χ0v) is 21.3. The van der Waals surface area contributed by atoms with E-state index >= 15 is 0 Å². The lowest BCUT2D eigenvalue weighted by molar-refractivity contribution is -0.145. The van der Waals surface area contributed by atoms with Crippen molar-refractivity contribution in [1.82, 2.24) is 14.7 Å². The molecular formula is C25H27N5O7S. The monoisotopic (exact) mass is 541 g/mol. The summed E-state index contributed by atoms with van der Waals surface area (Å²) in [5.74, 6) is -0.762. The first-order chi connectivity index (χ1) is 18.2. The Balaban J connectivity index is 1.42. The van der Waals surface area contributed by atoms with E-state index in [4.69, 9.17) is 9.47 Å². The van der Waals surface area contributed by atoms with Crippen LogP contribution in [-0.4, -0.2) is 54.9 Å². The molecule has 13 heteroatoms. The van der Waals surface area contributed by atoms with E-state index in [1.54, 1.807) is 49.5 Å². The number of nitrogens with zero attached hydrogens (tertiary/aromatic N) is 1. The number of benzene rings is 2. The number of hydrogen-bond acceptors (Lipinski definition) is 8. The quantitative estimate of drug-likeness (QED) is 0.267. The number of amides is 2.